The van der Waals surface area contributed by atoms with E-state index < -0.39 is 0 Å². The van der Waals surface area contributed by atoms with Crippen LogP contribution in [0.5, 0.6) is 0 Å². The summed E-state index contributed by atoms with van der Waals surface area (Å²) in [5.41, 5.74) is 0. The summed E-state index contributed by atoms with van der Waals surface area (Å²) in [6, 6.07) is 0. The number of hydrogen-bond acceptors (Lipinski definition) is 3. The molecule has 0 saturated heterocycles. The molecule has 0 saturated carbocycles. The van der Waals surface area contributed by atoms with Crippen LogP contribution in [0.4, 0.5) is 0 Å². The maximum absolute atomic E-state index is 10.9. The summed E-state index contributed by atoms with van der Waals surface area (Å²) >= 11 is 3.10. The third-order valence-electron chi connectivity index (χ3n) is 0.790. The van der Waals surface area contributed by atoms with Gasteiger partial charge >= 0.3 is 0 Å². The van der Waals surface area contributed by atoms with Gasteiger partial charge in [-0.05, 0) is 6.26 Å². The molecule has 0 N–H and O–H groups in total. The summed E-state index contributed by atoms with van der Waals surface area (Å²) in [4.78, 5) is 10.9. The van der Waals surface area contributed by atoms with Crippen molar-refractivity contribution >= 4 is 28.6 Å². The van der Waals surface area contributed by atoms with Crippen LogP contribution in [-0.2, 0) is 4.79 Å². The summed E-state index contributed by atoms with van der Waals surface area (Å²) < 4.78 is 0. The molecule has 0 atom stereocenters. The Morgan fingerprint density at radius 1 is 1.56 bits per heavy atom. The van der Waals surface area contributed by atoms with E-state index in [9.17, 15) is 4.79 Å². The molecule has 0 unspecified atom stereocenters. The van der Waals surface area contributed by atoms with Crippen molar-refractivity contribution in [3.63, 3.8) is 0 Å². The molecule has 0 aromatic carbocycles. The number of carbonyl (C=O) groups is 1. The second-order valence-corrected chi connectivity index (χ2v) is 4.24. The molecule has 0 aromatic rings. The maximum Gasteiger partial charge on any atom is 0.192 e. The van der Waals surface area contributed by atoms with Crippen molar-refractivity contribution in [3.8, 4) is 0 Å². The lowest BCUT2D eigenvalue weighted by Crippen LogP contribution is -2.00. The van der Waals surface area contributed by atoms with Crippen LogP contribution in [0.25, 0.3) is 0 Å². The predicted molar refractivity (Wildman–Crippen MR) is 45.8 cm³/mol. The van der Waals surface area contributed by atoms with Gasteiger partial charge in [-0.15, -0.1) is 0 Å². The van der Waals surface area contributed by atoms with Crippen molar-refractivity contribution in [2.75, 3.05) is 11.3 Å². The van der Waals surface area contributed by atoms with Crippen LogP contribution in [0.1, 0.15) is 13.8 Å². The largest absolute Gasteiger partial charge is 0.287 e. The molecule has 0 heterocycles. The Balaban J connectivity index is 3.28. The summed E-state index contributed by atoms with van der Waals surface area (Å²) in [7, 11) is 0. The second kappa shape index (κ2) is 5.18. The molecule has 9 heavy (non-hydrogen) atoms. The zero-order valence-electron chi connectivity index (χ0n) is 6.01. The number of thioether (sulfide) groups is 2. The highest BCUT2D eigenvalue weighted by Crippen LogP contribution is 2.14. The van der Waals surface area contributed by atoms with E-state index in [0.29, 0.717) is 5.12 Å². The van der Waals surface area contributed by atoms with Gasteiger partial charge in [-0.3, -0.25) is 4.79 Å². The highest BCUT2D eigenvalue weighted by molar-refractivity contribution is 8.23. The van der Waals surface area contributed by atoms with Crippen LogP contribution < -0.4 is 0 Å². The Morgan fingerprint density at radius 2 is 2.11 bits per heavy atom. The average Bonchev–Trinajstić information content (AvgIpc) is 1.82. The minimum atomic E-state index is 0.183. The van der Waals surface area contributed by atoms with Crippen LogP contribution in [0.15, 0.2) is 0 Å². The van der Waals surface area contributed by atoms with E-state index in [1.54, 1.807) is 11.8 Å². The topological polar surface area (TPSA) is 17.1 Å². The van der Waals surface area contributed by atoms with Crippen molar-refractivity contribution in [2.24, 2.45) is 5.92 Å². The number of hydrogen-bond donors (Lipinski definition) is 0. The zero-order chi connectivity index (χ0) is 7.28. The Bertz CT molecular complexity index is 91.1. The Hall–Kier alpha value is 0.370. The van der Waals surface area contributed by atoms with Crippen molar-refractivity contribution < 1.29 is 4.79 Å². The van der Waals surface area contributed by atoms with Crippen molar-refractivity contribution in [2.45, 2.75) is 13.8 Å². The predicted octanol–water partition coefficient (Wildman–Crippen LogP) is 2.22. The van der Waals surface area contributed by atoms with Crippen molar-refractivity contribution in [3.05, 3.63) is 0 Å². The van der Waals surface area contributed by atoms with E-state index in [4.69, 9.17) is 0 Å². The molecule has 0 aliphatic rings. The number of rotatable bonds is 3. The van der Waals surface area contributed by atoms with Gasteiger partial charge in [0.2, 0.25) is 0 Å². The van der Waals surface area contributed by atoms with Crippen molar-refractivity contribution in [1.29, 1.82) is 0 Å². The molecule has 0 rings (SSSR count). The van der Waals surface area contributed by atoms with Crippen LogP contribution >= 0.6 is 23.5 Å². The fourth-order valence-corrected chi connectivity index (χ4v) is 1.55. The van der Waals surface area contributed by atoms with Gasteiger partial charge in [-0.1, -0.05) is 25.6 Å². The van der Waals surface area contributed by atoms with E-state index >= 15 is 0 Å². The van der Waals surface area contributed by atoms with Crippen LogP contribution in [0.2, 0.25) is 0 Å². The lowest BCUT2D eigenvalue weighted by molar-refractivity contribution is -0.113. The Morgan fingerprint density at radius 3 is 2.44 bits per heavy atom. The summed E-state index contributed by atoms with van der Waals surface area (Å²) in [6.45, 7) is 3.85. The molecular formula is C6H12OS2. The average molecular weight is 164 g/mol. The van der Waals surface area contributed by atoms with Gasteiger partial charge in [0.15, 0.2) is 5.12 Å². The lowest BCUT2D eigenvalue weighted by atomic mass is 10.3. The van der Waals surface area contributed by atoms with Gasteiger partial charge in [0.1, 0.15) is 0 Å². The van der Waals surface area contributed by atoms with E-state index in [2.05, 4.69) is 0 Å². The molecular weight excluding hydrogens is 152 g/mol. The maximum atomic E-state index is 10.9. The number of carbonyl (C=O) groups excluding carboxylic acids is 1. The molecule has 0 fully saturated rings. The van der Waals surface area contributed by atoms with Crippen LogP contribution in [0.3, 0.4) is 0 Å². The molecule has 0 bridgehead atoms. The van der Waals surface area contributed by atoms with Gasteiger partial charge in [0.05, 0.1) is 0 Å². The van der Waals surface area contributed by atoms with Gasteiger partial charge in [-0.2, -0.15) is 11.8 Å². The minimum absolute atomic E-state index is 0.183. The first-order chi connectivity index (χ1) is 4.18. The SMILES string of the molecule is CSCSC(=O)C(C)C. The Kier molecular flexibility index (Phi) is 5.39. The van der Waals surface area contributed by atoms with Gasteiger partial charge < -0.3 is 0 Å². The van der Waals surface area contributed by atoms with E-state index in [1.165, 1.54) is 11.8 Å². The zero-order valence-corrected chi connectivity index (χ0v) is 7.64. The summed E-state index contributed by atoms with van der Waals surface area (Å²) in [6.07, 6.45) is 2.00. The van der Waals surface area contributed by atoms with Gasteiger partial charge in [0, 0.05) is 11.0 Å². The summed E-state index contributed by atoms with van der Waals surface area (Å²) in [5.74, 6) is 0.183. The van der Waals surface area contributed by atoms with Crippen LogP contribution in [0, 0.1) is 5.92 Å². The van der Waals surface area contributed by atoms with Gasteiger partial charge in [0.25, 0.3) is 0 Å². The highest BCUT2D eigenvalue weighted by atomic mass is 32.2. The lowest BCUT2D eigenvalue weighted by Gasteiger charge is -1.99. The van der Waals surface area contributed by atoms with Crippen LogP contribution in [-0.4, -0.2) is 16.5 Å². The first kappa shape index (κ1) is 9.37. The summed E-state index contributed by atoms with van der Waals surface area (Å²) in [5, 5.41) is 1.18. The van der Waals surface area contributed by atoms with E-state index in [0.717, 1.165) is 5.08 Å². The molecule has 0 spiro atoms. The minimum Gasteiger partial charge on any atom is -0.287 e. The van der Waals surface area contributed by atoms with Gasteiger partial charge in [-0.25, -0.2) is 0 Å². The smallest absolute Gasteiger partial charge is 0.192 e. The standard InChI is InChI=1S/C6H12OS2/c1-5(2)6(7)9-4-8-3/h5H,4H2,1-3H3. The molecule has 0 amide bonds. The van der Waals surface area contributed by atoms with E-state index in [1.807, 2.05) is 20.1 Å². The first-order valence-corrected chi connectivity index (χ1v) is 5.22. The molecule has 54 valence electrons. The fraction of sp³-hybridized carbons (Fsp3) is 0.833. The molecule has 0 aromatic heterocycles. The molecule has 0 aliphatic heterocycles. The molecule has 3 heteroatoms. The third-order valence-corrected chi connectivity index (χ3v) is 2.96. The molecule has 0 radical (unpaired) electrons. The van der Waals surface area contributed by atoms with Crippen molar-refractivity contribution in [1.82, 2.24) is 0 Å². The normalized spacial score (nSPS) is 10.2. The fourth-order valence-electron chi connectivity index (χ4n) is 0.284. The second-order valence-electron chi connectivity index (χ2n) is 2.02. The van der Waals surface area contributed by atoms with E-state index in [-0.39, 0.29) is 5.92 Å². The highest BCUT2D eigenvalue weighted by Gasteiger charge is 2.05. The monoisotopic (exact) mass is 164 g/mol. The first-order valence-electron chi connectivity index (χ1n) is 2.84. The third kappa shape index (κ3) is 4.85. The quantitative estimate of drug-likeness (QED) is 0.595. The molecule has 1 nitrogen and oxygen atoms in total. The molecule has 0 aliphatic carbocycles. The Labute approximate surface area is 65.0 Å².